The fourth-order valence-electron chi connectivity index (χ4n) is 2.53. The Labute approximate surface area is 147 Å². The quantitative estimate of drug-likeness (QED) is 0.888. The Hall–Kier alpha value is -2.06. The van der Waals surface area contributed by atoms with E-state index in [4.69, 9.17) is 16.3 Å². The third-order valence-electron chi connectivity index (χ3n) is 3.79. The van der Waals surface area contributed by atoms with Gasteiger partial charge >= 0.3 is 6.18 Å². The minimum absolute atomic E-state index is 0.0772. The molecule has 0 atom stereocenters. The van der Waals surface area contributed by atoms with Crippen LogP contribution in [-0.4, -0.2) is 36.3 Å². The highest BCUT2D eigenvalue weighted by molar-refractivity contribution is 6.32. The van der Waals surface area contributed by atoms with Crippen molar-refractivity contribution in [2.75, 3.05) is 36.5 Å². The molecular weight excluding hydrogens is 357 g/mol. The number of pyridine rings is 2. The summed E-state index contributed by atoms with van der Waals surface area (Å²) in [6.45, 7) is 3.09. The van der Waals surface area contributed by atoms with Crippen LogP contribution in [0.2, 0.25) is 5.02 Å². The van der Waals surface area contributed by atoms with Crippen molar-refractivity contribution in [3.8, 4) is 0 Å². The highest BCUT2D eigenvalue weighted by Gasteiger charge is 2.31. The maximum absolute atomic E-state index is 12.7. The van der Waals surface area contributed by atoms with Gasteiger partial charge in [-0.25, -0.2) is 9.97 Å². The van der Waals surface area contributed by atoms with E-state index in [1.807, 2.05) is 12.1 Å². The van der Waals surface area contributed by atoms with Crippen LogP contribution >= 0.6 is 11.6 Å². The molecule has 0 amide bonds. The average molecular weight is 373 g/mol. The number of nitrogens with zero attached hydrogens (tertiary/aromatic N) is 3. The van der Waals surface area contributed by atoms with Crippen molar-refractivity contribution in [1.29, 1.82) is 0 Å². The SMILES string of the molecule is FC(F)(F)c1cnc(NCc2cccnc2N2CCOCC2)c(Cl)c1. The number of ether oxygens (including phenoxy) is 1. The number of rotatable bonds is 4. The molecule has 1 fully saturated rings. The summed E-state index contributed by atoms with van der Waals surface area (Å²) < 4.78 is 43.3. The van der Waals surface area contributed by atoms with Crippen LogP contribution in [0.5, 0.6) is 0 Å². The van der Waals surface area contributed by atoms with Gasteiger partial charge in [0.05, 0.1) is 23.8 Å². The van der Waals surface area contributed by atoms with Crippen molar-refractivity contribution < 1.29 is 17.9 Å². The first-order chi connectivity index (χ1) is 11.9. The Bertz CT molecular complexity index is 736. The summed E-state index contributed by atoms with van der Waals surface area (Å²) in [5.41, 5.74) is 0.0283. The van der Waals surface area contributed by atoms with Crippen LogP contribution in [-0.2, 0) is 17.5 Å². The van der Waals surface area contributed by atoms with E-state index in [1.165, 1.54) is 0 Å². The first-order valence-electron chi connectivity index (χ1n) is 7.68. The fourth-order valence-corrected chi connectivity index (χ4v) is 2.76. The molecule has 5 nitrogen and oxygen atoms in total. The zero-order valence-corrected chi connectivity index (χ0v) is 13.9. The maximum atomic E-state index is 12.7. The first-order valence-corrected chi connectivity index (χ1v) is 8.06. The molecule has 0 saturated carbocycles. The normalized spacial score (nSPS) is 15.3. The van der Waals surface area contributed by atoms with Crippen LogP contribution in [0.15, 0.2) is 30.6 Å². The van der Waals surface area contributed by atoms with Crippen LogP contribution in [0.1, 0.15) is 11.1 Å². The first kappa shape index (κ1) is 17.8. The van der Waals surface area contributed by atoms with Gasteiger partial charge < -0.3 is 15.0 Å². The van der Waals surface area contributed by atoms with Crippen LogP contribution < -0.4 is 10.2 Å². The van der Waals surface area contributed by atoms with Crippen molar-refractivity contribution in [3.63, 3.8) is 0 Å². The third-order valence-corrected chi connectivity index (χ3v) is 4.08. The monoisotopic (exact) mass is 372 g/mol. The second kappa shape index (κ2) is 7.45. The molecule has 2 aromatic heterocycles. The van der Waals surface area contributed by atoms with Gasteiger partial charge in [-0.1, -0.05) is 17.7 Å². The van der Waals surface area contributed by atoms with Gasteiger partial charge in [-0.15, -0.1) is 0 Å². The molecule has 1 saturated heterocycles. The topological polar surface area (TPSA) is 50.3 Å². The van der Waals surface area contributed by atoms with Gasteiger partial charge in [0, 0.05) is 37.6 Å². The zero-order valence-electron chi connectivity index (χ0n) is 13.2. The van der Waals surface area contributed by atoms with Gasteiger partial charge in [0.25, 0.3) is 0 Å². The Kier molecular flexibility index (Phi) is 5.29. The molecule has 0 aromatic carbocycles. The van der Waals surface area contributed by atoms with E-state index in [-0.39, 0.29) is 10.8 Å². The molecule has 25 heavy (non-hydrogen) atoms. The molecule has 0 unspecified atom stereocenters. The van der Waals surface area contributed by atoms with Gasteiger partial charge in [0.2, 0.25) is 0 Å². The van der Waals surface area contributed by atoms with Crippen molar-refractivity contribution in [3.05, 3.63) is 46.7 Å². The Morgan fingerprint density at radius 2 is 2.00 bits per heavy atom. The summed E-state index contributed by atoms with van der Waals surface area (Å²) in [7, 11) is 0. The molecule has 3 rings (SSSR count). The molecule has 2 aromatic rings. The minimum atomic E-state index is -4.47. The highest BCUT2D eigenvalue weighted by atomic mass is 35.5. The number of aromatic nitrogens is 2. The standard InChI is InChI=1S/C16H16ClF3N4O/c17-13-8-12(16(18,19)20)10-23-14(13)22-9-11-2-1-3-21-15(11)24-4-6-25-7-5-24/h1-3,8,10H,4-7,9H2,(H,22,23). The number of nitrogens with one attached hydrogen (secondary N) is 1. The van der Waals surface area contributed by atoms with Crippen molar-refractivity contribution >= 4 is 23.2 Å². The number of hydrogen-bond donors (Lipinski definition) is 1. The Balaban J connectivity index is 1.74. The summed E-state index contributed by atoms with van der Waals surface area (Å²) in [6.07, 6.45) is -2.00. The minimum Gasteiger partial charge on any atom is -0.378 e. The van der Waals surface area contributed by atoms with E-state index < -0.39 is 11.7 Å². The van der Waals surface area contributed by atoms with Crippen molar-refractivity contribution in [2.45, 2.75) is 12.7 Å². The largest absolute Gasteiger partial charge is 0.417 e. The summed E-state index contributed by atoms with van der Waals surface area (Å²) in [6, 6.07) is 4.58. The van der Waals surface area contributed by atoms with E-state index in [9.17, 15) is 13.2 Å². The lowest BCUT2D eigenvalue weighted by molar-refractivity contribution is -0.137. The molecule has 0 spiro atoms. The van der Waals surface area contributed by atoms with Gasteiger partial charge in [-0.05, 0) is 12.1 Å². The molecule has 0 aliphatic carbocycles. The second-order valence-electron chi connectivity index (χ2n) is 5.49. The van der Waals surface area contributed by atoms with Crippen LogP contribution in [0.4, 0.5) is 24.8 Å². The molecule has 1 aliphatic rings. The van der Waals surface area contributed by atoms with Gasteiger partial charge in [-0.3, -0.25) is 0 Å². The molecule has 1 N–H and O–H groups in total. The lowest BCUT2D eigenvalue weighted by Gasteiger charge is -2.29. The Morgan fingerprint density at radius 1 is 1.24 bits per heavy atom. The number of anilines is 2. The second-order valence-corrected chi connectivity index (χ2v) is 5.90. The van der Waals surface area contributed by atoms with Gasteiger partial charge in [0.1, 0.15) is 11.6 Å². The predicted molar refractivity (Wildman–Crippen MR) is 88.8 cm³/mol. The van der Waals surface area contributed by atoms with Gasteiger partial charge in [0.15, 0.2) is 0 Å². The lowest BCUT2D eigenvalue weighted by Crippen LogP contribution is -2.37. The third kappa shape index (κ3) is 4.32. The summed E-state index contributed by atoms with van der Waals surface area (Å²) in [4.78, 5) is 10.3. The smallest absolute Gasteiger partial charge is 0.378 e. The number of alkyl halides is 3. The van der Waals surface area contributed by atoms with E-state index in [0.29, 0.717) is 19.8 Å². The molecule has 134 valence electrons. The summed E-state index contributed by atoms with van der Waals surface area (Å²) in [5.74, 6) is 1.02. The molecule has 0 radical (unpaired) electrons. The average Bonchev–Trinajstić information content (AvgIpc) is 2.61. The van der Waals surface area contributed by atoms with Crippen molar-refractivity contribution in [1.82, 2.24) is 9.97 Å². The van der Waals surface area contributed by atoms with Crippen LogP contribution in [0.25, 0.3) is 0 Å². The molecular formula is C16H16ClF3N4O. The molecule has 0 bridgehead atoms. The van der Waals surface area contributed by atoms with E-state index >= 15 is 0 Å². The van der Waals surface area contributed by atoms with Crippen LogP contribution in [0.3, 0.4) is 0 Å². The molecule has 3 heterocycles. The predicted octanol–water partition coefficient (Wildman–Crippen LogP) is 3.60. The van der Waals surface area contributed by atoms with Crippen LogP contribution in [0, 0.1) is 0 Å². The summed E-state index contributed by atoms with van der Waals surface area (Å²) >= 11 is 5.92. The van der Waals surface area contributed by atoms with E-state index in [2.05, 4.69) is 20.2 Å². The summed E-state index contributed by atoms with van der Waals surface area (Å²) in [5, 5.41) is 2.90. The molecule has 9 heteroatoms. The number of morpholine rings is 1. The zero-order chi connectivity index (χ0) is 17.9. The van der Waals surface area contributed by atoms with Crippen molar-refractivity contribution in [2.24, 2.45) is 0 Å². The molecule has 1 aliphatic heterocycles. The van der Waals surface area contributed by atoms with E-state index in [1.54, 1.807) is 6.20 Å². The van der Waals surface area contributed by atoms with Gasteiger partial charge in [-0.2, -0.15) is 13.2 Å². The Morgan fingerprint density at radius 3 is 2.68 bits per heavy atom. The number of hydrogen-bond acceptors (Lipinski definition) is 5. The number of halogens is 4. The lowest BCUT2D eigenvalue weighted by atomic mass is 10.2. The highest BCUT2D eigenvalue weighted by Crippen LogP contribution is 2.32. The fraction of sp³-hybridized carbons (Fsp3) is 0.375. The van der Waals surface area contributed by atoms with E-state index in [0.717, 1.165) is 36.7 Å². The maximum Gasteiger partial charge on any atom is 0.417 e.